The maximum absolute atomic E-state index is 12.3. The van der Waals surface area contributed by atoms with Crippen molar-refractivity contribution < 1.29 is 14.3 Å². The SMILES string of the molecule is COCCCNC(=O)Nc1ccccc1C(=O)NC(C)(C)C. The Labute approximate surface area is 131 Å². The highest BCUT2D eigenvalue weighted by atomic mass is 16.5. The molecule has 0 aliphatic carbocycles. The van der Waals surface area contributed by atoms with Crippen LogP contribution in [0.4, 0.5) is 10.5 Å². The summed E-state index contributed by atoms with van der Waals surface area (Å²) in [5.74, 6) is -0.220. The fourth-order valence-corrected chi connectivity index (χ4v) is 1.78. The van der Waals surface area contributed by atoms with Gasteiger partial charge in [0.1, 0.15) is 0 Å². The fourth-order valence-electron chi connectivity index (χ4n) is 1.78. The standard InChI is InChI=1S/C16H25N3O3/c1-16(2,3)19-14(20)12-8-5-6-9-13(12)18-15(21)17-10-7-11-22-4/h5-6,8-9H,7,10-11H2,1-4H3,(H,19,20)(H2,17,18,21). The highest BCUT2D eigenvalue weighted by Gasteiger charge is 2.18. The number of benzene rings is 1. The molecular weight excluding hydrogens is 282 g/mol. The number of hydrogen-bond acceptors (Lipinski definition) is 3. The summed E-state index contributed by atoms with van der Waals surface area (Å²) in [7, 11) is 1.62. The molecule has 1 rings (SSSR count). The Hall–Kier alpha value is -2.08. The molecule has 0 atom stereocenters. The highest BCUT2D eigenvalue weighted by Crippen LogP contribution is 2.16. The van der Waals surface area contributed by atoms with E-state index in [1.54, 1.807) is 31.4 Å². The van der Waals surface area contributed by atoms with Crippen molar-refractivity contribution in [1.82, 2.24) is 10.6 Å². The van der Waals surface area contributed by atoms with Crippen LogP contribution in [0.2, 0.25) is 0 Å². The summed E-state index contributed by atoms with van der Waals surface area (Å²) in [5, 5.41) is 8.30. The number of rotatable bonds is 6. The molecule has 0 aromatic heterocycles. The van der Waals surface area contributed by atoms with Crippen LogP contribution in [0.15, 0.2) is 24.3 Å². The van der Waals surface area contributed by atoms with Crippen LogP contribution < -0.4 is 16.0 Å². The number of carbonyl (C=O) groups excluding carboxylic acids is 2. The van der Waals surface area contributed by atoms with E-state index in [-0.39, 0.29) is 17.5 Å². The Balaban J connectivity index is 2.67. The van der Waals surface area contributed by atoms with E-state index in [4.69, 9.17) is 4.74 Å². The van der Waals surface area contributed by atoms with Gasteiger partial charge in [0.15, 0.2) is 0 Å². The maximum atomic E-state index is 12.3. The van der Waals surface area contributed by atoms with Gasteiger partial charge in [-0.3, -0.25) is 4.79 Å². The van der Waals surface area contributed by atoms with Gasteiger partial charge in [-0.15, -0.1) is 0 Å². The minimum Gasteiger partial charge on any atom is -0.385 e. The van der Waals surface area contributed by atoms with E-state index in [1.165, 1.54) is 0 Å². The molecule has 6 nitrogen and oxygen atoms in total. The lowest BCUT2D eigenvalue weighted by Crippen LogP contribution is -2.41. The normalized spacial score (nSPS) is 10.9. The lowest BCUT2D eigenvalue weighted by atomic mass is 10.1. The second-order valence-electron chi connectivity index (χ2n) is 5.98. The molecular formula is C16H25N3O3. The lowest BCUT2D eigenvalue weighted by molar-refractivity contribution is 0.0920. The van der Waals surface area contributed by atoms with E-state index in [2.05, 4.69) is 16.0 Å². The smallest absolute Gasteiger partial charge is 0.319 e. The van der Waals surface area contributed by atoms with Gasteiger partial charge in [0.2, 0.25) is 0 Å². The zero-order valence-electron chi connectivity index (χ0n) is 13.7. The van der Waals surface area contributed by atoms with Gasteiger partial charge in [0, 0.05) is 25.8 Å². The highest BCUT2D eigenvalue weighted by molar-refractivity contribution is 6.03. The monoisotopic (exact) mass is 307 g/mol. The van der Waals surface area contributed by atoms with Gasteiger partial charge in [0.05, 0.1) is 11.3 Å². The van der Waals surface area contributed by atoms with Crippen molar-refractivity contribution >= 4 is 17.6 Å². The molecule has 0 fully saturated rings. The first-order chi connectivity index (χ1) is 10.3. The molecule has 1 aromatic carbocycles. The van der Waals surface area contributed by atoms with Crippen LogP contribution >= 0.6 is 0 Å². The molecule has 0 heterocycles. The molecule has 0 spiro atoms. The number of urea groups is 1. The molecule has 0 saturated heterocycles. The predicted molar refractivity (Wildman–Crippen MR) is 87.2 cm³/mol. The molecule has 0 bridgehead atoms. The third kappa shape index (κ3) is 6.58. The van der Waals surface area contributed by atoms with Crippen LogP contribution in [-0.4, -0.2) is 37.7 Å². The third-order valence-corrected chi connectivity index (χ3v) is 2.72. The van der Waals surface area contributed by atoms with Gasteiger partial charge >= 0.3 is 6.03 Å². The molecule has 0 aliphatic rings. The first-order valence-electron chi connectivity index (χ1n) is 7.29. The number of para-hydroxylation sites is 1. The van der Waals surface area contributed by atoms with Crippen LogP contribution in [-0.2, 0) is 4.74 Å². The van der Waals surface area contributed by atoms with Gasteiger partial charge in [0.25, 0.3) is 5.91 Å². The summed E-state index contributed by atoms with van der Waals surface area (Å²) in [6.45, 7) is 6.82. The zero-order valence-corrected chi connectivity index (χ0v) is 13.7. The Morgan fingerprint density at radius 1 is 1.18 bits per heavy atom. The summed E-state index contributed by atoms with van der Waals surface area (Å²) >= 11 is 0. The molecule has 0 aliphatic heterocycles. The molecule has 22 heavy (non-hydrogen) atoms. The summed E-state index contributed by atoms with van der Waals surface area (Å²) in [4.78, 5) is 24.1. The predicted octanol–water partition coefficient (Wildman–Crippen LogP) is 2.37. The van der Waals surface area contributed by atoms with Crippen LogP contribution in [0.1, 0.15) is 37.6 Å². The summed E-state index contributed by atoms with van der Waals surface area (Å²) in [6, 6.07) is 6.58. The van der Waals surface area contributed by atoms with E-state index in [1.807, 2.05) is 20.8 Å². The average molecular weight is 307 g/mol. The van der Waals surface area contributed by atoms with Crippen molar-refractivity contribution in [1.29, 1.82) is 0 Å². The van der Waals surface area contributed by atoms with E-state index in [0.29, 0.717) is 24.4 Å². The van der Waals surface area contributed by atoms with Crippen molar-refractivity contribution in [2.45, 2.75) is 32.7 Å². The first kappa shape index (κ1) is 18.0. The lowest BCUT2D eigenvalue weighted by Gasteiger charge is -2.21. The zero-order chi connectivity index (χ0) is 16.6. The van der Waals surface area contributed by atoms with Crippen molar-refractivity contribution in [2.24, 2.45) is 0 Å². The molecule has 0 saturated carbocycles. The van der Waals surface area contributed by atoms with Crippen LogP contribution in [0.3, 0.4) is 0 Å². The summed E-state index contributed by atoms with van der Waals surface area (Å²) < 4.78 is 4.91. The minimum absolute atomic E-state index is 0.220. The molecule has 3 amide bonds. The Morgan fingerprint density at radius 3 is 2.50 bits per heavy atom. The van der Waals surface area contributed by atoms with Gasteiger partial charge in [-0.1, -0.05) is 12.1 Å². The number of nitrogens with one attached hydrogen (secondary N) is 3. The number of ether oxygens (including phenoxy) is 1. The molecule has 0 radical (unpaired) electrons. The first-order valence-corrected chi connectivity index (χ1v) is 7.29. The molecule has 1 aromatic rings. The van der Waals surface area contributed by atoms with E-state index >= 15 is 0 Å². The number of hydrogen-bond donors (Lipinski definition) is 3. The van der Waals surface area contributed by atoms with Crippen LogP contribution in [0.25, 0.3) is 0 Å². The van der Waals surface area contributed by atoms with E-state index < -0.39 is 0 Å². The molecule has 3 N–H and O–H groups in total. The second-order valence-corrected chi connectivity index (χ2v) is 5.98. The maximum Gasteiger partial charge on any atom is 0.319 e. The summed E-state index contributed by atoms with van der Waals surface area (Å²) in [6.07, 6.45) is 0.732. The largest absolute Gasteiger partial charge is 0.385 e. The minimum atomic E-state index is -0.341. The molecule has 122 valence electrons. The fraction of sp³-hybridized carbons (Fsp3) is 0.500. The molecule has 0 unspecified atom stereocenters. The summed E-state index contributed by atoms with van der Waals surface area (Å²) in [5.41, 5.74) is 0.574. The van der Waals surface area contributed by atoms with Crippen molar-refractivity contribution in [3.05, 3.63) is 29.8 Å². The van der Waals surface area contributed by atoms with E-state index in [9.17, 15) is 9.59 Å². The quantitative estimate of drug-likeness (QED) is 0.706. The van der Waals surface area contributed by atoms with Crippen LogP contribution in [0, 0.1) is 0 Å². The van der Waals surface area contributed by atoms with Crippen LogP contribution in [0.5, 0.6) is 0 Å². The Morgan fingerprint density at radius 2 is 1.86 bits per heavy atom. The molecule has 6 heteroatoms. The Kier molecular flexibility index (Phi) is 6.85. The Bertz CT molecular complexity index is 510. The number of anilines is 1. The van der Waals surface area contributed by atoms with Gasteiger partial charge in [-0.05, 0) is 39.3 Å². The third-order valence-electron chi connectivity index (χ3n) is 2.72. The number of carbonyl (C=O) groups is 2. The van der Waals surface area contributed by atoms with Gasteiger partial charge in [-0.25, -0.2) is 4.79 Å². The van der Waals surface area contributed by atoms with E-state index in [0.717, 1.165) is 6.42 Å². The van der Waals surface area contributed by atoms with Gasteiger partial charge < -0.3 is 20.7 Å². The van der Waals surface area contributed by atoms with Crippen molar-refractivity contribution in [3.8, 4) is 0 Å². The topological polar surface area (TPSA) is 79.5 Å². The van der Waals surface area contributed by atoms with Crippen molar-refractivity contribution in [3.63, 3.8) is 0 Å². The number of methoxy groups -OCH3 is 1. The second kappa shape index (κ2) is 8.38. The van der Waals surface area contributed by atoms with Crippen molar-refractivity contribution in [2.75, 3.05) is 25.6 Å². The average Bonchev–Trinajstić information content (AvgIpc) is 2.42. The number of amides is 3. The van der Waals surface area contributed by atoms with Gasteiger partial charge in [-0.2, -0.15) is 0 Å².